The van der Waals surface area contributed by atoms with Crippen LogP contribution in [0.15, 0.2) is 65.8 Å². The summed E-state index contributed by atoms with van der Waals surface area (Å²) < 4.78 is 5.39. The molecule has 0 spiro atoms. The van der Waals surface area contributed by atoms with Gasteiger partial charge in [0.1, 0.15) is 0 Å². The fourth-order valence-electron chi connectivity index (χ4n) is 2.62. The predicted molar refractivity (Wildman–Crippen MR) is 101 cm³/mol. The number of benzene rings is 2. The number of hydrogen-bond acceptors (Lipinski definition) is 3. The molecule has 0 radical (unpaired) electrons. The molecule has 2 aromatic carbocycles. The van der Waals surface area contributed by atoms with Crippen LogP contribution in [0.4, 0.5) is 0 Å². The van der Waals surface area contributed by atoms with E-state index in [2.05, 4.69) is 72.0 Å². The van der Waals surface area contributed by atoms with Crippen LogP contribution < -0.4 is 0 Å². The third-order valence-corrected chi connectivity index (χ3v) is 3.92. The molecular formula is C21H28N2O. The van der Waals surface area contributed by atoms with Crippen LogP contribution in [0.5, 0.6) is 0 Å². The second-order valence-electron chi connectivity index (χ2n) is 5.98. The smallest absolute Gasteiger partial charge is 0.0658 e. The minimum Gasteiger partial charge on any atom is -0.380 e. The van der Waals surface area contributed by atoms with Crippen LogP contribution in [0.25, 0.3) is 0 Å². The molecule has 0 N–H and O–H groups in total. The molecule has 0 aliphatic rings. The van der Waals surface area contributed by atoms with Gasteiger partial charge >= 0.3 is 0 Å². The summed E-state index contributed by atoms with van der Waals surface area (Å²) >= 11 is 0. The van der Waals surface area contributed by atoms with Crippen LogP contribution in [0.1, 0.15) is 18.1 Å². The molecule has 0 amide bonds. The van der Waals surface area contributed by atoms with E-state index in [1.807, 2.05) is 19.0 Å². The third-order valence-electron chi connectivity index (χ3n) is 3.92. The fraction of sp³-hybridized carbons (Fsp3) is 0.381. The minimum atomic E-state index is 0.379. The average molecular weight is 324 g/mol. The molecule has 3 nitrogen and oxygen atoms in total. The van der Waals surface area contributed by atoms with Gasteiger partial charge in [0.05, 0.1) is 13.2 Å². The number of nitrogens with zero attached hydrogens (tertiary/aromatic N) is 2. The molecule has 2 rings (SSSR count). The summed E-state index contributed by atoms with van der Waals surface area (Å²) in [4.78, 5) is 0. The van der Waals surface area contributed by atoms with Crippen molar-refractivity contribution in [3.05, 3.63) is 71.8 Å². The molecule has 0 saturated heterocycles. The Bertz CT molecular complexity index is 542. The molecule has 24 heavy (non-hydrogen) atoms. The third kappa shape index (κ3) is 6.97. The fourth-order valence-corrected chi connectivity index (χ4v) is 2.62. The van der Waals surface area contributed by atoms with E-state index in [0.717, 1.165) is 26.0 Å². The van der Waals surface area contributed by atoms with Crippen molar-refractivity contribution in [2.45, 2.75) is 19.8 Å². The summed E-state index contributed by atoms with van der Waals surface area (Å²) in [7, 11) is 2.00. The maximum atomic E-state index is 5.39. The van der Waals surface area contributed by atoms with E-state index in [9.17, 15) is 0 Å². The molecular weight excluding hydrogens is 296 g/mol. The normalized spacial score (nSPS) is 11.3. The second-order valence-corrected chi connectivity index (χ2v) is 5.98. The SMILES string of the molecule is CCOCCN(C)/N=C/C(Cc1ccccc1)Cc1ccccc1. The van der Waals surface area contributed by atoms with E-state index in [-0.39, 0.29) is 0 Å². The lowest BCUT2D eigenvalue weighted by molar-refractivity contribution is 0.123. The van der Waals surface area contributed by atoms with E-state index in [0.29, 0.717) is 12.5 Å². The largest absolute Gasteiger partial charge is 0.380 e. The Morgan fingerprint density at radius 1 is 0.958 bits per heavy atom. The van der Waals surface area contributed by atoms with E-state index >= 15 is 0 Å². The highest BCUT2D eigenvalue weighted by Gasteiger charge is 2.09. The molecule has 0 heterocycles. The van der Waals surface area contributed by atoms with Crippen molar-refractivity contribution in [1.82, 2.24) is 5.01 Å². The summed E-state index contributed by atoms with van der Waals surface area (Å²) in [6.45, 7) is 4.29. The summed E-state index contributed by atoms with van der Waals surface area (Å²) in [5, 5.41) is 6.57. The van der Waals surface area contributed by atoms with Crippen molar-refractivity contribution < 1.29 is 4.74 Å². The zero-order chi connectivity index (χ0) is 17.0. The molecule has 0 aliphatic carbocycles. The van der Waals surface area contributed by atoms with E-state index < -0.39 is 0 Å². The number of hydrazone groups is 1. The second kappa shape index (κ2) is 10.6. The molecule has 3 heteroatoms. The Hall–Kier alpha value is -2.13. The van der Waals surface area contributed by atoms with Crippen LogP contribution in [-0.2, 0) is 17.6 Å². The van der Waals surface area contributed by atoms with Crippen molar-refractivity contribution in [3.63, 3.8) is 0 Å². The molecule has 128 valence electrons. The lowest BCUT2D eigenvalue weighted by atomic mass is 9.93. The minimum absolute atomic E-state index is 0.379. The van der Waals surface area contributed by atoms with E-state index in [4.69, 9.17) is 4.74 Å². The Balaban J connectivity index is 1.99. The van der Waals surface area contributed by atoms with Crippen molar-refractivity contribution in [3.8, 4) is 0 Å². The summed E-state index contributed by atoms with van der Waals surface area (Å²) in [6, 6.07) is 21.3. The molecule has 0 unspecified atom stereocenters. The van der Waals surface area contributed by atoms with Gasteiger partial charge in [-0.25, -0.2) is 0 Å². The maximum Gasteiger partial charge on any atom is 0.0658 e. The van der Waals surface area contributed by atoms with Crippen LogP contribution in [-0.4, -0.2) is 38.0 Å². The zero-order valence-electron chi connectivity index (χ0n) is 14.8. The van der Waals surface area contributed by atoms with Gasteiger partial charge in [0.25, 0.3) is 0 Å². The van der Waals surface area contributed by atoms with Crippen LogP contribution >= 0.6 is 0 Å². The molecule has 0 atom stereocenters. The lowest BCUT2D eigenvalue weighted by Gasteiger charge is -2.16. The summed E-state index contributed by atoms with van der Waals surface area (Å²) in [5.74, 6) is 0.379. The highest BCUT2D eigenvalue weighted by atomic mass is 16.5. The van der Waals surface area contributed by atoms with Crippen LogP contribution in [0, 0.1) is 5.92 Å². The summed E-state index contributed by atoms with van der Waals surface area (Å²) in [6.07, 6.45) is 4.09. The average Bonchev–Trinajstić information content (AvgIpc) is 2.62. The molecule has 0 saturated carbocycles. The van der Waals surface area contributed by atoms with Gasteiger partial charge in [0.15, 0.2) is 0 Å². The van der Waals surface area contributed by atoms with E-state index in [1.54, 1.807) is 0 Å². The first-order chi connectivity index (χ1) is 11.8. The lowest BCUT2D eigenvalue weighted by Crippen LogP contribution is -2.20. The van der Waals surface area contributed by atoms with Gasteiger partial charge < -0.3 is 4.74 Å². The summed E-state index contributed by atoms with van der Waals surface area (Å²) in [5.41, 5.74) is 2.70. The molecule has 0 aliphatic heterocycles. The monoisotopic (exact) mass is 324 g/mol. The van der Waals surface area contributed by atoms with Crippen molar-refractivity contribution in [2.24, 2.45) is 11.0 Å². The van der Waals surface area contributed by atoms with Gasteiger partial charge in [-0.05, 0) is 30.9 Å². The quantitative estimate of drug-likeness (QED) is 0.374. The number of rotatable bonds is 10. The zero-order valence-corrected chi connectivity index (χ0v) is 14.8. The van der Waals surface area contributed by atoms with Gasteiger partial charge in [0.2, 0.25) is 0 Å². The Kier molecular flexibility index (Phi) is 8.05. The van der Waals surface area contributed by atoms with Gasteiger partial charge in [-0.3, -0.25) is 5.01 Å². The standard InChI is InChI=1S/C21H28N2O/c1-3-24-15-14-23(2)22-18-21(16-19-10-6-4-7-11-19)17-20-12-8-5-9-13-20/h4-13,18,21H,3,14-17H2,1-2H3/b22-18+. The first kappa shape index (κ1) is 18.2. The van der Waals surface area contributed by atoms with Crippen LogP contribution in [0.2, 0.25) is 0 Å². The highest BCUT2D eigenvalue weighted by molar-refractivity contribution is 5.61. The van der Waals surface area contributed by atoms with Crippen molar-refractivity contribution in [2.75, 3.05) is 26.8 Å². The Morgan fingerprint density at radius 2 is 1.50 bits per heavy atom. The van der Waals surface area contributed by atoms with Crippen LogP contribution in [0.3, 0.4) is 0 Å². The molecule has 0 bridgehead atoms. The van der Waals surface area contributed by atoms with Gasteiger partial charge in [-0.2, -0.15) is 5.10 Å². The van der Waals surface area contributed by atoms with E-state index in [1.165, 1.54) is 11.1 Å². The molecule has 0 aromatic heterocycles. The number of ether oxygens (including phenoxy) is 1. The van der Waals surface area contributed by atoms with Crippen molar-refractivity contribution >= 4 is 6.21 Å². The maximum absolute atomic E-state index is 5.39. The predicted octanol–water partition coefficient (Wildman–Crippen LogP) is 4.04. The first-order valence-corrected chi connectivity index (χ1v) is 8.68. The molecule has 2 aromatic rings. The van der Waals surface area contributed by atoms with Crippen molar-refractivity contribution in [1.29, 1.82) is 0 Å². The first-order valence-electron chi connectivity index (χ1n) is 8.68. The van der Waals surface area contributed by atoms with Gasteiger partial charge in [-0.15, -0.1) is 0 Å². The molecule has 0 fully saturated rings. The Morgan fingerprint density at radius 3 is 2.00 bits per heavy atom. The number of hydrogen-bond donors (Lipinski definition) is 0. The Labute approximate surface area is 146 Å². The van der Waals surface area contributed by atoms with Gasteiger partial charge in [0, 0.05) is 25.8 Å². The topological polar surface area (TPSA) is 24.8 Å². The van der Waals surface area contributed by atoms with Gasteiger partial charge in [-0.1, -0.05) is 60.7 Å². The number of likely N-dealkylation sites (N-methyl/N-ethyl adjacent to an activating group) is 1. The highest BCUT2D eigenvalue weighted by Crippen LogP contribution is 2.13.